The molecule has 104 valence electrons. The number of nitro groups is 1. The predicted octanol–water partition coefficient (Wildman–Crippen LogP) is 3.53. The Kier molecular flexibility index (Phi) is 3.99. The van der Waals surface area contributed by atoms with Crippen molar-refractivity contribution < 1.29 is 14.1 Å². The molecule has 0 bridgehead atoms. The molecule has 1 heterocycles. The Morgan fingerprint density at radius 1 is 1.40 bits per heavy atom. The Morgan fingerprint density at radius 2 is 2.15 bits per heavy atom. The van der Waals surface area contributed by atoms with E-state index in [0.717, 1.165) is 6.07 Å². The van der Waals surface area contributed by atoms with Crippen molar-refractivity contribution in [3.8, 4) is 5.75 Å². The highest BCUT2D eigenvalue weighted by molar-refractivity contribution is 6.29. The summed E-state index contributed by atoms with van der Waals surface area (Å²) in [6, 6.07) is 6.57. The van der Waals surface area contributed by atoms with Gasteiger partial charge in [-0.1, -0.05) is 11.6 Å². The number of methoxy groups -OCH3 is 1. The third kappa shape index (κ3) is 2.94. The second kappa shape index (κ2) is 5.70. The number of anilines is 2. The SMILES string of the molecule is COc1ccc(Nc2nc(Cl)ccc2[N+](=O)[O-])cc1F. The van der Waals surface area contributed by atoms with Crippen LogP contribution in [0, 0.1) is 15.9 Å². The molecule has 0 aliphatic rings. The maximum Gasteiger partial charge on any atom is 0.311 e. The van der Waals surface area contributed by atoms with Crippen LogP contribution in [0.15, 0.2) is 30.3 Å². The summed E-state index contributed by atoms with van der Waals surface area (Å²) in [5.74, 6) is -0.585. The van der Waals surface area contributed by atoms with Gasteiger partial charge in [0.05, 0.1) is 12.0 Å². The summed E-state index contributed by atoms with van der Waals surface area (Å²) in [7, 11) is 1.34. The van der Waals surface area contributed by atoms with Gasteiger partial charge in [0.15, 0.2) is 11.6 Å². The first-order chi connectivity index (χ1) is 9.51. The molecule has 0 unspecified atom stereocenters. The van der Waals surface area contributed by atoms with Gasteiger partial charge in [0.1, 0.15) is 5.15 Å². The van der Waals surface area contributed by atoms with Crippen LogP contribution < -0.4 is 10.1 Å². The van der Waals surface area contributed by atoms with Gasteiger partial charge in [0.2, 0.25) is 5.82 Å². The van der Waals surface area contributed by atoms with E-state index in [1.165, 1.54) is 31.4 Å². The molecule has 2 aromatic rings. The van der Waals surface area contributed by atoms with Crippen molar-refractivity contribution in [3.63, 3.8) is 0 Å². The second-order valence-electron chi connectivity index (χ2n) is 3.73. The summed E-state index contributed by atoms with van der Waals surface area (Å²) in [5.41, 5.74) is 0.0341. The minimum atomic E-state index is -0.606. The summed E-state index contributed by atoms with van der Waals surface area (Å²) in [5, 5.41) is 13.6. The number of hydrogen-bond donors (Lipinski definition) is 1. The number of halogens is 2. The van der Waals surface area contributed by atoms with Gasteiger partial charge in [-0.3, -0.25) is 10.1 Å². The maximum absolute atomic E-state index is 13.5. The zero-order valence-electron chi connectivity index (χ0n) is 10.3. The molecule has 8 heteroatoms. The molecule has 0 saturated carbocycles. The van der Waals surface area contributed by atoms with Crippen molar-refractivity contribution in [2.24, 2.45) is 0 Å². The zero-order valence-corrected chi connectivity index (χ0v) is 11.0. The Hall–Kier alpha value is -2.41. The fourth-order valence-electron chi connectivity index (χ4n) is 1.55. The van der Waals surface area contributed by atoms with E-state index in [4.69, 9.17) is 16.3 Å². The molecule has 2 rings (SSSR count). The second-order valence-corrected chi connectivity index (χ2v) is 4.12. The van der Waals surface area contributed by atoms with Crippen LogP contribution in [0.25, 0.3) is 0 Å². The zero-order chi connectivity index (χ0) is 14.7. The van der Waals surface area contributed by atoms with E-state index in [2.05, 4.69) is 10.3 Å². The van der Waals surface area contributed by atoms with Crippen LogP contribution in [-0.2, 0) is 0 Å². The molecule has 0 amide bonds. The average molecular weight is 298 g/mol. The van der Waals surface area contributed by atoms with Crippen LogP contribution >= 0.6 is 11.6 Å². The first-order valence-electron chi connectivity index (χ1n) is 5.43. The van der Waals surface area contributed by atoms with Crippen molar-refractivity contribution in [3.05, 3.63) is 51.4 Å². The largest absolute Gasteiger partial charge is 0.494 e. The van der Waals surface area contributed by atoms with Gasteiger partial charge in [0.25, 0.3) is 0 Å². The molecule has 6 nitrogen and oxygen atoms in total. The van der Waals surface area contributed by atoms with Crippen LogP contribution in [-0.4, -0.2) is 17.0 Å². The molecule has 0 spiro atoms. The van der Waals surface area contributed by atoms with Gasteiger partial charge >= 0.3 is 5.69 Å². The molecule has 0 aliphatic carbocycles. The van der Waals surface area contributed by atoms with Crippen molar-refractivity contribution in [1.82, 2.24) is 4.98 Å². The number of benzene rings is 1. The van der Waals surface area contributed by atoms with Crippen molar-refractivity contribution in [2.45, 2.75) is 0 Å². The van der Waals surface area contributed by atoms with E-state index in [0.29, 0.717) is 5.69 Å². The highest BCUT2D eigenvalue weighted by Gasteiger charge is 2.16. The lowest BCUT2D eigenvalue weighted by Crippen LogP contribution is -2.00. The van der Waals surface area contributed by atoms with E-state index in [1.54, 1.807) is 0 Å². The molecular formula is C12H9ClFN3O3. The van der Waals surface area contributed by atoms with Gasteiger partial charge in [-0.25, -0.2) is 9.37 Å². The van der Waals surface area contributed by atoms with E-state index in [-0.39, 0.29) is 22.4 Å². The minimum absolute atomic E-state index is 0.0629. The number of nitrogens with zero attached hydrogens (tertiary/aromatic N) is 2. The predicted molar refractivity (Wildman–Crippen MR) is 72.1 cm³/mol. The van der Waals surface area contributed by atoms with Crippen LogP contribution in [0.2, 0.25) is 5.15 Å². The third-order valence-electron chi connectivity index (χ3n) is 2.45. The lowest BCUT2D eigenvalue weighted by molar-refractivity contribution is -0.384. The van der Waals surface area contributed by atoms with Gasteiger partial charge in [-0.15, -0.1) is 0 Å². The molecule has 1 aromatic carbocycles. The lowest BCUT2D eigenvalue weighted by atomic mass is 10.3. The first-order valence-corrected chi connectivity index (χ1v) is 5.80. The molecule has 0 aliphatic heterocycles. The number of hydrogen-bond acceptors (Lipinski definition) is 5. The van der Waals surface area contributed by atoms with Gasteiger partial charge in [-0.2, -0.15) is 0 Å². The first kappa shape index (κ1) is 14.0. The molecule has 0 fully saturated rings. The van der Waals surface area contributed by atoms with E-state index >= 15 is 0 Å². The van der Waals surface area contributed by atoms with Crippen molar-refractivity contribution in [2.75, 3.05) is 12.4 Å². The van der Waals surface area contributed by atoms with Crippen molar-refractivity contribution in [1.29, 1.82) is 0 Å². The van der Waals surface area contributed by atoms with Crippen LogP contribution in [0.5, 0.6) is 5.75 Å². The third-order valence-corrected chi connectivity index (χ3v) is 2.66. The van der Waals surface area contributed by atoms with E-state index in [1.807, 2.05) is 0 Å². The number of aromatic nitrogens is 1. The average Bonchev–Trinajstić information content (AvgIpc) is 2.38. The lowest BCUT2D eigenvalue weighted by Gasteiger charge is -2.08. The van der Waals surface area contributed by atoms with Crippen LogP contribution in [0.4, 0.5) is 21.6 Å². The smallest absolute Gasteiger partial charge is 0.311 e. The number of nitrogens with one attached hydrogen (secondary N) is 1. The quantitative estimate of drug-likeness (QED) is 0.530. The normalized spacial score (nSPS) is 10.2. The monoisotopic (exact) mass is 297 g/mol. The van der Waals surface area contributed by atoms with Crippen molar-refractivity contribution >= 4 is 28.8 Å². The van der Waals surface area contributed by atoms with Gasteiger partial charge in [-0.05, 0) is 18.2 Å². The van der Waals surface area contributed by atoms with Gasteiger partial charge in [0, 0.05) is 17.8 Å². The molecule has 0 radical (unpaired) electrons. The summed E-state index contributed by atoms with van der Waals surface area (Å²) in [6.45, 7) is 0. The van der Waals surface area contributed by atoms with Crippen LogP contribution in [0.1, 0.15) is 0 Å². The summed E-state index contributed by atoms with van der Waals surface area (Å²) >= 11 is 5.70. The number of ether oxygens (including phenoxy) is 1. The highest BCUT2D eigenvalue weighted by Crippen LogP contribution is 2.29. The summed E-state index contributed by atoms with van der Waals surface area (Å²) in [6.07, 6.45) is 0. The maximum atomic E-state index is 13.5. The molecule has 1 aromatic heterocycles. The minimum Gasteiger partial charge on any atom is -0.494 e. The Bertz CT molecular complexity index is 666. The molecule has 1 N–H and O–H groups in total. The Balaban J connectivity index is 2.36. The van der Waals surface area contributed by atoms with E-state index < -0.39 is 10.7 Å². The molecular weight excluding hydrogens is 289 g/mol. The highest BCUT2D eigenvalue weighted by atomic mass is 35.5. The topological polar surface area (TPSA) is 77.3 Å². The molecule has 0 saturated heterocycles. The fraction of sp³-hybridized carbons (Fsp3) is 0.0833. The van der Waals surface area contributed by atoms with Gasteiger partial charge < -0.3 is 10.1 Å². The molecule has 0 atom stereocenters. The summed E-state index contributed by atoms with van der Waals surface area (Å²) < 4.78 is 18.3. The van der Waals surface area contributed by atoms with Crippen LogP contribution in [0.3, 0.4) is 0 Å². The standard InChI is InChI=1S/C12H9ClFN3O3/c1-20-10-4-2-7(6-8(10)14)15-12-9(17(18)19)3-5-11(13)16-12/h2-6H,1H3,(H,15,16). The van der Waals surface area contributed by atoms with E-state index in [9.17, 15) is 14.5 Å². The number of pyridine rings is 1. The fourth-order valence-corrected chi connectivity index (χ4v) is 1.70. The summed E-state index contributed by atoms with van der Waals surface area (Å²) in [4.78, 5) is 14.1. The Morgan fingerprint density at radius 3 is 2.75 bits per heavy atom. The molecule has 20 heavy (non-hydrogen) atoms. The number of rotatable bonds is 4. The Labute approximate surface area is 118 Å².